The van der Waals surface area contributed by atoms with E-state index in [1.807, 2.05) is 48.5 Å². The molecule has 0 bridgehead atoms. The van der Waals surface area contributed by atoms with E-state index in [0.717, 1.165) is 22.4 Å². The lowest BCUT2D eigenvalue weighted by Crippen LogP contribution is -1.93. The van der Waals surface area contributed by atoms with Crippen LogP contribution in [0.2, 0.25) is 0 Å². The fraction of sp³-hybridized carbons (Fsp3) is 0. The Bertz CT molecular complexity index is 862. The monoisotopic (exact) mass is 289 g/mol. The molecule has 0 aliphatic rings. The Morgan fingerprint density at radius 3 is 2.48 bits per heavy atom. The van der Waals surface area contributed by atoms with Crippen LogP contribution >= 0.6 is 12.2 Å². The Labute approximate surface area is 127 Å². The molecule has 0 aliphatic carbocycles. The van der Waals surface area contributed by atoms with E-state index in [4.69, 9.17) is 12.2 Å². The third kappa shape index (κ3) is 2.60. The standard InChI is InChI=1S/C17H11N3S/c18-10-15-14(12-5-2-1-3-6-12)9-16(20-17(15)21)13-7-4-8-19-11-13/h1-9,11H,(H,20,21). The first-order valence-electron chi connectivity index (χ1n) is 6.43. The van der Waals surface area contributed by atoms with Gasteiger partial charge in [0, 0.05) is 29.2 Å². The SMILES string of the molecule is N#Cc1c(-c2ccccc2)cc(-c2cccnc2)[nH]c1=S. The van der Waals surface area contributed by atoms with Gasteiger partial charge < -0.3 is 4.98 Å². The largest absolute Gasteiger partial charge is 0.345 e. The van der Waals surface area contributed by atoms with Crippen molar-refractivity contribution in [3.63, 3.8) is 0 Å². The van der Waals surface area contributed by atoms with Crippen LogP contribution < -0.4 is 0 Å². The zero-order valence-electron chi connectivity index (χ0n) is 11.1. The molecule has 1 N–H and O–H groups in total. The lowest BCUT2D eigenvalue weighted by molar-refractivity contribution is 1.25. The first-order valence-corrected chi connectivity index (χ1v) is 6.83. The van der Waals surface area contributed by atoms with Crippen LogP contribution in [0.3, 0.4) is 0 Å². The predicted octanol–water partition coefficient (Wildman–Crippen LogP) is 4.34. The van der Waals surface area contributed by atoms with Gasteiger partial charge in [-0.25, -0.2) is 0 Å². The Hall–Kier alpha value is -2.77. The summed E-state index contributed by atoms with van der Waals surface area (Å²) in [7, 11) is 0. The van der Waals surface area contributed by atoms with Gasteiger partial charge in [0.25, 0.3) is 0 Å². The molecule has 2 aromatic heterocycles. The van der Waals surface area contributed by atoms with Crippen molar-refractivity contribution < 1.29 is 0 Å². The normalized spacial score (nSPS) is 10.0. The number of rotatable bonds is 2. The smallest absolute Gasteiger partial charge is 0.122 e. The molecular formula is C17H11N3S. The third-order valence-electron chi connectivity index (χ3n) is 3.20. The minimum Gasteiger partial charge on any atom is -0.345 e. The molecule has 0 saturated carbocycles. The minimum absolute atomic E-state index is 0.442. The van der Waals surface area contributed by atoms with Crippen LogP contribution in [-0.4, -0.2) is 9.97 Å². The maximum atomic E-state index is 9.37. The summed E-state index contributed by atoms with van der Waals surface area (Å²) < 4.78 is 0.442. The molecule has 0 spiro atoms. The van der Waals surface area contributed by atoms with Gasteiger partial charge in [0.1, 0.15) is 10.7 Å². The van der Waals surface area contributed by atoms with Crippen LogP contribution in [0.5, 0.6) is 0 Å². The molecule has 0 unspecified atom stereocenters. The van der Waals surface area contributed by atoms with Crippen molar-refractivity contribution >= 4 is 12.2 Å². The molecule has 3 nitrogen and oxygen atoms in total. The summed E-state index contributed by atoms with van der Waals surface area (Å²) in [6.45, 7) is 0. The zero-order valence-corrected chi connectivity index (χ0v) is 11.9. The molecule has 3 rings (SSSR count). The molecule has 3 aromatic rings. The Morgan fingerprint density at radius 1 is 1.05 bits per heavy atom. The first kappa shape index (κ1) is 13.2. The summed E-state index contributed by atoms with van der Waals surface area (Å²) in [5.41, 5.74) is 4.08. The van der Waals surface area contributed by atoms with Crippen molar-refractivity contribution in [1.29, 1.82) is 5.26 Å². The molecule has 0 saturated heterocycles. The van der Waals surface area contributed by atoms with Gasteiger partial charge in [-0.3, -0.25) is 4.98 Å². The average molecular weight is 289 g/mol. The molecule has 0 radical (unpaired) electrons. The molecule has 0 fully saturated rings. The summed E-state index contributed by atoms with van der Waals surface area (Å²) in [5.74, 6) is 0. The minimum atomic E-state index is 0.442. The van der Waals surface area contributed by atoms with Crippen LogP contribution in [0.25, 0.3) is 22.4 Å². The summed E-state index contributed by atoms with van der Waals surface area (Å²) in [6.07, 6.45) is 3.49. The molecule has 1 aromatic carbocycles. The van der Waals surface area contributed by atoms with Gasteiger partial charge in [0.15, 0.2) is 0 Å². The van der Waals surface area contributed by atoms with Crippen molar-refractivity contribution in [2.24, 2.45) is 0 Å². The van der Waals surface area contributed by atoms with Gasteiger partial charge in [0.2, 0.25) is 0 Å². The lowest BCUT2D eigenvalue weighted by atomic mass is 10.00. The van der Waals surface area contributed by atoms with Gasteiger partial charge >= 0.3 is 0 Å². The topological polar surface area (TPSA) is 52.5 Å². The van der Waals surface area contributed by atoms with Crippen molar-refractivity contribution in [2.75, 3.05) is 0 Å². The van der Waals surface area contributed by atoms with Crippen molar-refractivity contribution in [2.45, 2.75) is 0 Å². The van der Waals surface area contributed by atoms with Gasteiger partial charge in [0.05, 0.1) is 5.56 Å². The highest BCUT2D eigenvalue weighted by Gasteiger charge is 2.10. The number of H-pyrrole nitrogens is 1. The summed E-state index contributed by atoms with van der Waals surface area (Å²) in [6, 6.07) is 17.7. The summed E-state index contributed by atoms with van der Waals surface area (Å²) >= 11 is 5.33. The van der Waals surface area contributed by atoms with Gasteiger partial charge in [-0.15, -0.1) is 0 Å². The van der Waals surface area contributed by atoms with Gasteiger partial charge in [-0.05, 0) is 23.8 Å². The highest BCUT2D eigenvalue weighted by atomic mass is 32.1. The maximum absolute atomic E-state index is 9.37. The van der Waals surface area contributed by atoms with Crippen LogP contribution in [-0.2, 0) is 0 Å². The van der Waals surface area contributed by atoms with Crippen molar-refractivity contribution in [1.82, 2.24) is 9.97 Å². The van der Waals surface area contributed by atoms with E-state index in [2.05, 4.69) is 16.0 Å². The van der Waals surface area contributed by atoms with E-state index in [1.165, 1.54) is 0 Å². The number of hydrogen-bond acceptors (Lipinski definition) is 3. The summed E-state index contributed by atoms with van der Waals surface area (Å²) in [5, 5.41) is 9.37. The van der Waals surface area contributed by atoms with Crippen molar-refractivity contribution in [3.05, 3.63) is 71.1 Å². The highest BCUT2D eigenvalue weighted by molar-refractivity contribution is 7.71. The predicted molar refractivity (Wildman–Crippen MR) is 85.0 cm³/mol. The number of aromatic nitrogens is 2. The van der Waals surface area contributed by atoms with E-state index >= 15 is 0 Å². The number of nitrogens with zero attached hydrogens (tertiary/aromatic N) is 2. The number of aromatic amines is 1. The fourth-order valence-electron chi connectivity index (χ4n) is 2.19. The number of nitrogens with one attached hydrogen (secondary N) is 1. The van der Waals surface area contributed by atoms with E-state index in [1.54, 1.807) is 12.4 Å². The second kappa shape index (κ2) is 5.70. The molecule has 21 heavy (non-hydrogen) atoms. The molecule has 2 heterocycles. The second-order valence-corrected chi connectivity index (χ2v) is 4.93. The van der Waals surface area contributed by atoms with Crippen molar-refractivity contribution in [3.8, 4) is 28.5 Å². The zero-order chi connectivity index (χ0) is 14.7. The maximum Gasteiger partial charge on any atom is 0.122 e. The number of nitriles is 1. The molecule has 100 valence electrons. The first-order chi connectivity index (χ1) is 10.3. The molecular weight excluding hydrogens is 278 g/mol. The molecule has 0 amide bonds. The van der Waals surface area contributed by atoms with Gasteiger partial charge in [-0.2, -0.15) is 5.26 Å². The Kier molecular flexibility index (Phi) is 3.59. The van der Waals surface area contributed by atoms with Crippen LogP contribution in [0.1, 0.15) is 5.56 Å². The Balaban J connectivity index is 2.27. The van der Waals surface area contributed by atoms with Gasteiger partial charge in [-0.1, -0.05) is 42.5 Å². The van der Waals surface area contributed by atoms with Crippen LogP contribution in [0.15, 0.2) is 60.9 Å². The number of benzene rings is 1. The molecule has 4 heteroatoms. The quantitative estimate of drug-likeness (QED) is 0.714. The molecule has 0 atom stereocenters. The molecule has 0 aliphatic heterocycles. The van der Waals surface area contributed by atoms with E-state index < -0.39 is 0 Å². The van der Waals surface area contributed by atoms with Crippen LogP contribution in [0, 0.1) is 16.0 Å². The summed E-state index contributed by atoms with van der Waals surface area (Å²) in [4.78, 5) is 7.22. The third-order valence-corrected chi connectivity index (χ3v) is 3.51. The van der Waals surface area contributed by atoms with E-state index in [9.17, 15) is 5.26 Å². The number of hydrogen-bond donors (Lipinski definition) is 1. The second-order valence-electron chi connectivity index (χ2n) is 4.52. The van der Waals surface area contributed by atoms with E-state index in [0.29, 0.717) is 10.2 Å². The highest BCUT2D eigenvalue weighted by Crippen LogP contribution is 2.28. The Morgan fingerprint density at radius 2 is 1.81 bits per heavy atom. The number of pyridine rings is 2. The van der Waals surface area contributed by atoms with E-state index in [-0.39, 0.29) is 0 Å². The lowest BCUT2D eigenvalue weighted by Gasteiger charge is -2.08. The average Bonchev–Trinajstić information content (AvgIpc) is 2.55. The van der Waals surface area contributed by atoms with Crippen LogP contribution in [0.4, 0.5) is 0 Å². The fourth-order valence-corrected chi connectivity index (χ4v) is 2.46.